The van der Waals surface area contributed by atoms with Crippen LogP contribution in [0.5, 0.6) is 5.75 Å². The van der Waals surface area contributed by atoms with Crippen molar-refractivity contribution in [1.29, 1.82) is 0 Å². The Morgan fingerprint density at radius 1 is 1.26 bits per heavy atom. The van der Waals surface area contributed by atoms with E-state index in [0.717, 1.165) is 11.4 Å². The molecule has 1 aromatic carbocycles. The highest BCUT2D eigenvalue weighted by atomic mass is 32.1. The molecule has 142 valence electrons. The first-order valence-electron chi connectivity index (χ1n) is 8.57. The summed E-state index contributed by atoms with van der Waals surface area (Å²) in [6.45, 7) is 7.60. The molecule has 2 N–H and O–H groups in total. The number of hydrogen-bond acceptors (Lipinski definition) is 7. The van der Waals surface area contributed by atoms with E-state index in [0.29, 0.717) is 33.8 Å². The lowest BCUT2D eigenvalue weighted by molar-refractivity contribution is 0.0963. The van der Waals surface area contributed by atoms with Gasteiger partial charge in [0.1, 0.15) is 11.4 Å². The van der Waals surface area contributed by atoms with Crippen molar-refractivity contribution >= 4 is 28.1 Å². The van der Waals surface area contributed by atoms with Gasteiger partial charge in [-0.15, -0.1) is 11.3 Å². The molecule has 0 saturated heterocycles. The Labute approximate surface area is 161 Å². The molecule has 2 heterocycles. The molecule has 0 spiro atoms. The topological polar surface area (TPSA) is 89.3 Å². The molecule has 0 aliphatic rings. The van der Waals surface area contributed by atoms with Gasteiger partial charge in [0, 0.05) is 24.9 Å². The summed E-state index contributed by atoms with van der Waals surface area (Å²) in [5, 5.41) is 8.45. The fraction of sp³-hybridized carbons (Fsp3) is 0.316. The molecular formula is C19H22N4O3S. The number of rotatable bonds is 6. The maximum Gasteiger partial charge on any atom is 0.251 e. The van der Waals surface area contributed by atoms with Crippen LogP contribution in [0.15, 0.2) is 28.0 Å². The van der Waals surface area contributed by atoms with Crippen molar-refractivity contribution in [2.24, 2.45) is 0 Å². The quantitative estimate of drug-likeness (QED) is 0.656. The molecular weight excluding hydrogens is 364 g/mol. The minimum Gasteiger partial charge on any atom is -0.489 e. The minimum absolute atomic E-state index is 0.00285. The number of amides is 1. The van der Waals surface area contributed by atoms with Crippen LogP contribution in [0.2, 0.25) is 0 Å². The van der Waals surface area contributed by atoms with Crippen molar-refractivity contribution in [2.45, 2.75) is 33.8 Å². The second-order valence-electron chi connectivity index (χ2n) is 6.27. The molecule has 0 fully saturated rings. The van der Waals surface area contributed by atoms with Gasteiger partial charge in [0.15, 0.2) is 16.8 Å². The van der Waals surface area contributed by atoms with E-state index in [9.17, 15) is 4.79 Å². The van der Waals surface area contributed by atoms with Gasteiger partial charge in [-0.2, -0.15) is 0 Å². The number of carbonyl (C=O) groups is 1. The number of aromatic nitrogens is 2. The Bertz CT molecular complexity index is 962. The van der Waals surface area contributed by atoms with Crippen molar-refractivity contribution in [2.75, 3.05) is 12.4 Å². The summed E-state index contributed by atoms with van der Waals surface area (Å²) in [5.41, 5.74) is 2.73. The zero-order valence-electron chi connectivity index (χ0n) is 15.9. The summed E-state index contributed by atoms with van der Waals surface area (Å²) in [5.74, 6) is 1.76. The van der Waals surface area contributed by atoms with E-state index in [1.165, 1.54) is 11.3 Å². The molecule has 0 aliphatic heterocycles. The van der Waals surface area contributed by atoms with Gasteiger partial charge in [0.05, 0.1) is 17.5 Å². The maximum absolute atomic E-state index is 12.0. The SMILES string of the molecule is CNC(=O)c1ccc(OC(C)C)c(Nc2nc(-c3oc(C)nc3C)cs2)c1. The molecule has 7 nitrogen and oxygen atoms in total. The highest BCUT2D eigenvalue weighted by Gasteiger charge is 2.16. The summed E-state index contributed by atoms with van der Waals surface area (Å²) in [4.78, 5) is 20.8. The molecule has 2 aromatic heterocycles. The predicted octanol–water partition coefficient (Wildman–Crippen LogP) is 4.31. The number of carbonyl (C=O) groups excluding carboxylic acids is 1. The third kappa shape index (κ3) is 4.28. The van der Waals surface area contributed by atoms with E-state index in [4.69, 9.17) is 9.15 Å². The molecule has 0 atom stereocenters. The number of ether oxygens (including phenoxy) is 1. The number of nitrogens with zero attached hydrogens (tertiary/aromatic N) is 2. The second kappa shape index (κ2) is 7.79. The third-order valence-electron chi connectivity index (χ3n) is 3.71. The van der Waals surface area contributed by atoms with Crippen LogP contribution in [0.3, 0.4) is 0 Å². The summed E-state index contributed by atoms with van der Waals surface area (Å²) in [6.07, 6.45) is 0.00285. The number of benzene rings is 1. The summed E-state index contributed by atoms with van der Waals surface area (Å²) in [6, 6.07) is 5.27. The highest BCUT2D eigenvalue weighted by molar-refractivity contribution is 7.14. The summed E-state index contributed by atoms with van der Waals surface area (Å²) in [7, 11) is 1.60. The predicted molar refractivity (Wildman–Crippen MR) is 106 cm³/mol. The van der Waals surface area contributed by atoms with Gasteiger partial charge in [-0.25, -0.2) is 9.97 Å². The van der Waals surface area contributed by atoms with Gasteiger partial charge < -0.3 is 19.8 Å². The molecule has 1 amide bonds. The number of nitrogens with one attached hydrogen (secondary N) is 2. The standard InChI is InChI=1S/C19H22N4O3S/c1-10(2)25-16-7-6-13(18(24)20-5)8-14(16)22-19-23-15(9-27-19)17-11(3)21-12(4)26-17/h6-10H,1-5H3,(H,20,24)(H,22,23). The van der Waals surface area contributed by atoms with Crippen LogP contribution in [-0.4, -0.2) is 29.0 Å². The van der Waals surface area contributed by atoms with Crippen LogP contribution in [0, 0.1) is 13.8 Å². The van der Waals surface area contributed by atoms with E-state index in [1.54, 1.807) is 25.2 Å². The molecule has 0 bridgehead atoms. The highest BCUT2D eigenvalue weighted by Crippen LogP contribution is 2.33. The Balaban J connectivity index is 1.91. The lowest BCUT2D eigenvalue weighted by atomic mass is 10.1. The van der Waals surface area contributed by atoms with Gasteiger partial charge in [-0.3, -0.25) is 4.79 Å². The molecule has 8 heteroatoms. The number of oxazole rings is 1. The third-order valence-corrected chi connectivity index (χ3v) is 4.47. The van der Waals surface area contributed by atoms with Gasteiger partial charge in [-0.1, -0.05) is 0 Å². The van der Waals surface area contributed by atoms with Crippen LogP contribution in [-0.2, 0) is 0 Å². The van der Waals surface area contributed by atoms with Crippen LogP contribution in [0.25, 0.3) is 11.5 Å². The second-order valence-corrected chi connectivity index (χ2v) is 7.13. The lowest BCUT2D eigenvalue weighted by Gasteiger charge is -2.15. The Kier molecular flexibility index (Phi) is 5.46. The minimum atomic E-state index is -0.165. The van der Waals surface area contributed by atoms with Crippen molar-refractivity contribution in [1.82, 2.24) is 15.3 Å². The normalized spacial score (nSPS) is 10.9. The van der Waals surface area contributed by atoms with E-state index in [2.05, 4.69) is 20.6 Å². The van der Waals surface area contributed by atoms with E-state index >= 15 is 0 Å². The van der Waals surface area contributed by atoms with Crippen LogP contribution in [0.4, 0.5) is 10.8 Å². The number of aryl methyl sites for hydroxylation is 2. The number of hydrogen-bond donors (Lipinski definition) is 2. The summed E-state index contributed by atoms with van der Waals surface area (Å²) >= 11 is 1.44. The fourth-order valence-corrected chi connectivity index (χ4v) is 3.29. The Morgan fingerprint density at radius 3 is 2.67 bits per heavy atom. The first kappa shape index (κ1) is 18.9. The fourth-order valence-electron chi connectivity index (χ4n) is 2.59. The van der Waals surface area contributed by atoms with Crippen molar-refractivity contribution in [3.8, 4) is 17.2 Å². The van der Waals surface area contributed by atoms with Gasteiger partial charge in [0.2, 0.25) is 0 Å². The molecule has 0 radical (unpaired) electrons. The van der Waals surface area contributed by atoms with E-state index < -0.39 is 0 Å². The molecule has 3 rings (SSSR count). The Morgan fingerprint density at radius 2 is 2.04 bits per heavy atom. The van der Waals surface area contributed by atoms with Crippen molar-refractivity contribution in [3.63, 3.8) is 0 Å². The van der Waals surface area contributed by atoms with Gasteiger partial charge >= 0.3 is 0 Å². The zero-order valence-corrected chi connectivity index (χ0v) is 16.7. The molecule has 0 unspecified atom stereocenters. The average Bonchev–Trinajstić information content (AvgIpc) is 3.21. The zero-order chi connectivity index (χ0) is 19.6. The van der Waals surface area contributed by atoms with E-state index in [1.807, 2.05) is 33.1 Å². The van der Waals surface area contributed by atoms with Gasteiger partial charge in [0.25, 0.3) is 5.91 Å². The molecule has 0 saturated carbocycles. The number of thiazole rings is 1. The van der Waals surface area contributed by atoms with Crippen LogP contribution >= 0.6 is 11.3 Å². The summed E-state index contributed by atoms with van der Waals surface area (Å²) < 4.78 is 11.5. The smallest absolute Gasteiger partial charge is 0.251 e. The molecule has 0 aliphatic carbocycles. The lowest BCUT2D eigenvalue weighted by Crippen LogP contribution is -2.18. The van der Waals surface area contributed by atoms with Crippen molar-refractivity contribution < 1.29 is 13.9 Å². The monoisotopic (exact) mass is 386 g/mol. The maximum atomic E-state index is 12.0. The Hall–Kier alpha value is -2.87. The molecule has 3 aromatic rings. The van der Waals surface area contributed by atoms with E-state index in [-0.39, 0.29) is 12.0 Å². The number of anilines is 2. The molecule has 27 heavy (non-hydrogen) atoms. The average molecular weight is 386 g/mol. The largest absolute Gasteiger partial charge is 0.489 e. The van der Waals surface area contributed by atoms with Crippen LogP contribution in [0.1, 0.15) is 35.8 Å². The first-order chi connectivity index (χ1) is 12.9. The van der Waals surface area contributed by atoms with Crippen LogP contribution < -0.4 is 15.4 Å². The first-order valence-corrected chi connectivity index (χ1v) is 9.45. The van der Waals surface area contributed by atoms with Gasteiger partial charge in [-0.05, 0) is 39.0 Å². The van der Waals surface area contributed by atoms with Crippen molar-refractivity contribution in [3.05, 3.63) is 40.7 Å².